The van der Waals surface area contributed by atoms with Crippen molar-refractivity contribution in [1.29, 1.82) is 0 Å². The van der Waals surface area contributed by atoms with Crippen LogP contribution in [0.15, 0.2) is 46.9 Å². The van der Waals surface area contributed by atoms with Gasteiger partial charge in [-0.15, -0.1) is 0 Å². The number of aliphatic hydroxyl groups is 1. The molecule has 0 saturated heterocycles. The lowest BCUT2D eigenvalue weighted by atomic mass is 10.2. The molecule has 2 aromatic rings. The molecule has 0 spiro atoms. The quantitative estimate of drug-likeness (QED) is 0.734. The summed E-state index contributed by atoms with van der Waals surface area (Å²) in [6, 6.07) is 13.4. The van der Waals surface area contributed by atoms with E-state index in [4.69, 9.17) is 9.84 Å². The third kappa shape index (κ3) is 4.84. The second-order valence-corrected chi connectivity index (χ2v) is 5.69. The van der Waals surface area contributed by atoms with Gasteiger partial charge in [-0.05, 0) is 48.4 Å². The molecule has 0 aliphatic rings. The van der Waals surface area contributed by atoms with Crippen molar-refractivity contribution in [2.75, 3.05) is 6.54 Å². The van der Waals surface area contributed by atoms with Crippen LogP contribution < -0.4 is 10.1 Å². The van der Waals surface area contributed by atoms with Gasteiger partial charge in [-0.3, -0.25) is 0 Å². The smallest absolute Gasteiger partial charge is 0.128 e. The van der Waals surface area contributed by atoms with Crippen molar-refractivity contribution < 1.29 is 9.84 Å². The van der Waals surface area contributed by atoms with Gasteiger partial charge in [0, 0.05) is 11.0 Å². The summed E-state index contributed by atoms with van der Waals surface area (Å²) < 4.78 is 6.85. The number of ether oxygens (including phenoxy) is 1. The Bertz CT molecular complexity index is 587. The molecule has 0 unspecified atom stereocenters. The predicted octanol–water partition coefficient (Wildman–Crippen LogP) is 4.23. The van der Waals surface area contributed by atoms with Crippen LogP contribution in [0, 0.1) is 0 Å². The zero-order chi connectivity index (χ0) is 15.1. The second kappa shape index (κ2) is 8.17. The number of halogens is 1. The molecule has 0 aliphatic carbocycles. The monoisotopic (exact) mass is 349 g/mol. The van der Waals surface area contributed by atoms with E-state index in [-0.39, 0.29) is 6.61 Å². The number of nitrogens with one attached hydrogen (secondary N) is 1. The number of hydrogen-bond donors (Lipinski definition) is 2. The first kappa shape index (κ1) is 16.0. The van der Waals surface area contributed by atoms with Gasteiger partial charge in [0.05, 0.1) is 6.61 Å². The summed E-state index contributed by atoms with van der Waals surface area (Å²) in [5.41, 5.74) is 2.05. The molecule has 4 heteroatoms. The Morgan fingerprint density at radius 1 is 1.14 bits per heavy atom. The number of rotatable bonds is 7. The van der Waals surface area contributed by atoms with Crippen LogP contribution in [0.2, 0.25) is 0 Å². The van der Waals surface area contributed by atoms with E-state index in [1.54, 1.807) is 0 Å². The van der Waals surface area contributed by atoms with Crippen LogP contribution in [0.3, 0.4) is 0 Å². The normalized spacial score (nSPS) is 10.6. The highest BCUT2D eigenvalue weighted by atomic mass is 79.9. The molecule has 2 N–H and O–H groups in total. The topological polar surface area (TPSA) is 41.5 Å². The average Bonchev–Trinajstić information content (AvgIpc) is 2.50. The van der Waals surface area contributed by atoms with Crippen LogP contribution in [0.4, 0.5) is 0 Å². The molecule has 0 amide bonds. The van der Waals surface area contributed by atoms with Crippen LogP contribution >= 0.6 is 15.9 Å². The number of aliphatic hydroxyl groups excluding tert-OH is 1. The summed E-state index contributed by atoms with van der Waals surface area (Å²) in [4.78, 5) is 0. The van der Waals surface area contributed by atoms with E-state index in [1.165, 1.54) is 5.56 Å². The van der Waals surface area contributed by atoms with Crippen molar-refractivity contribution in [3.8, 4) is 11.5 Å². The van der Waals surface area contributed by atoms with Crippen molar-refractivity contribution >= 4 is 15.9 Å². The molecule has 0 atom stereocenters. The van der Waals surface area contributed by atoms with Gasteiger partial charge in [0.25, 0.3) is 0 Å². The minimum Gasteiger partial charge on any atom is -0.457 e. The molecule has 112 valence electrons. The van der Waals surface area contributed by atoms with Gasteiger partial charge in [-0.25, -0.2) is 0 Å². The Labute approximate surface area is 134 Å². The van der Waals surface area contributed by atoms with Gasteiger partial charge in [-0.1, -0.05) is 41.1 Å². The maximum atomic E-state index is 9.14. The van der Waals surface area contributed by atoms with Crippen molar-refractivity contribution in [2.45, 2.75) is 26.5 Å². The molecule has 0 saturated carbocycles. The highest BCUT2D eigenvalue weighted by molar-refractivity contribution is 9.10. The van der Waals surface area contributed by atoms with Gasteiger partial charge < -0.3 is 15.2 Å². The number of hydrogen-bond acceptors (Lipinski definition) is 3. The van der Waals surface area contributed by atoms with Gasteiger partial charge in [0.2, 0.25) is 0 Å². The number of benzene rings is 2. The van der Waals surface area contributed by atoms with Crippen molar-refractivity contribution in [3.05, 3.63) is 58.1 Å². The molecule has 0 heterocycles. The zero-order valence-corrected chi connectivity index (χ0v) is 13.7. The summed E-state index contributed by atoms with van der Waals surface area (Å²) >= 11 is 3.58. The fourth-order valence-electron chi connectivity index (χ4n) is 1.98. The lowest BCUT2D eigenvalue weighted by Crippen LogP contribution is -2.14. The summed E-state index contributed by atoms with van der Waals surface area (Å²) in [6.07, 6.45) is 1.13. The standard InChI is InChI=1S/C17H20BrNO2/c1-2-8-19-11-14-6-7-16(10-17(14)18)21-15-5-3-4-13(9-15)12-20/h3-7,9-10,19-20H,2,8,11-12H2,1H3. The summed E-state index contributed by atoms with van der Waals surface area (Å²) in [5.74, 6) is 1.50. The Morgan fingerprint density at radius 3 is 2.67 bits per heavy atom. The van der Waals surface area contributed by atoms with E-state index in [0.29, 0.717) is 0 Å². The summed E-state index contributed by atoms with van der Waals surface area (Å²) in [6.45, 7) is 4.02. The van der Waals surface area contributed by atoms with Crippen molar-refractivity contribution in [1.82, 2.24) is 5.32 Å². The van der Waals surface area contributed by atoms with Crippen LogP contribution in [0.1, 0.15) is 24.5 Å². The minimum atomic E-state index is 0.0168. The SMILES string of the molecule is CCCNCc1ccc(Oc2cccc(CO)c2)cc1Br. The fraction of sp³-hybridized carbons (Fsp3) is 0.294. The molecule has 0 radical (unpaired) electrons. The maximum absolute atomic E-state index is 9.14. The first-order chi connectivity index (χ1) is 10.2. The lowest BCUT2D eigenvalue weighted by Gasteiger charge is -2.10. The summed E-state index contributed by atoms with van der Waals surface area (Å²) in [5, 5.41) is 12.5. The Morgan fingerprint density at radius 2 is 1.95 bits per heavy atom. The molecule has 0 fully saturated rings. The maximum Gasteiger partial charge on any atom is 0.128 e. The minimum absolute atomic E-state index is 0.0168. The highest BCUT2D eigenvalue weighted by Crippen LogP contribution is 2.27. The van der Waals surface area contributed by atoms with Crippen molar-refractivity contribution in [3.63, 3.8) is 0 Å². The van der Waals surface area contributed by atoms with E-state index in [0.717, 1.165) is 41.0 Å². The van der Waals surface area contributed by atoms with Gasteiger partial charge >= 0.3 is 0 Å². The van der Waals surface area contributed by atoms with Gasteiger partial charge in [0.15, 0.2) is 0 Å². The molecule has 21 heavy (non-hydrogen) atoms. The van der Waals surface area contributed by atoms with Crippen LogP contribution in [-0.4, -0.2) is 11.7 Å². The predicted molar refractivity (Wildman–Crippen MR) is 88.6 cm³/mol. The van der Waals surface area contributed by atoms with Crippen LogP contribution in [0.5, 0.6) is 11.5 Å². The largest absolute Gasteiger partial charge is 0.457 e. The molecule has 0 aromatic heterocycles. The van der Waals surface area contributed by atoms with Gasteiger partial charge in [0.1, 0.15) is 11.5 Å². The molecular weight excluding hydrogens is 330 g/mol. The molecule has 2 aromatic carbocycles. The Kier molecular flexibility index (Phi) is 6.23. The Hall–Kier alpha value is -1.36. The van der Waals surface area contributed by atoms with E-state index in [1.807, 2.05) is 36.4 Å². The lowest BCUT2D eigenvalue weighted by molar-refractivity contribution is 0.281. The van der Waals surface area contributed by atoms with Crippen LogP contribution in [-0.2, 0) is 13.2 Å². The zero-order valence-electron chi connectivity index (χ0n) is 12.1. The molecule has 0 aliphatic heterocycles. The van der Waals surface area contributed by atoms with E-state index in [9.17, 15) is 0 Å². The Balaban J connectivity index is 2.05. The van der Waals surface area contributed by atoms with Crippen molar-refractivity contribution in [2.24, 2.45) is 0 Å². The van der Waals surface area contributed by atoms with E-state index in [2.05, 4.69) is 34.2 Å². The third-order valence-corrected chi connectivity index (χ3v) is 3.82. The molecular formula is C17H20BrNO2. The van der Waals surface area contributed by atoms with E-state index >= 15 is 0 Å². The fourth-order valence-corrected chi connectivity index (χ4v) is 2.48. The average molecular weight is 350 g/mol. The second-order valence-electron chi connectivity index (χ2n) is 4.84. The third-order valence-electron chi connectivity index (χ3n) is 3.08. The first-order valence-corrected chi connectivity index (χ1v) is 7.89. The van der Waals surface area contributed by atoms with Gasteiger partial charge in [-0.2, -0.15) is 0 Å². The van der Waals surface area contributed by atoms with Crippen LogP contribution in [0.25, 0.3) is 0 Å². The summed E-state index contributed by atoms with van der Waals surface area (Å²) in [7, 11) is 0. The molecule has 3 nitrogen and oxygen atoms in total. The highest BCUT2D eigenvalue weighted by Gasteiger charge is 2.04. The first-order valence-electron chi connectivity index (χ1n) is 7.09. The van der Waals surface area contributed by atoms with E-state index < -0.39 is 0 Å². The molecule has 0 bridgehead atoms. The molecule has 2 rings (SSSR count).